The monoisotopic (exact) mass is 422 g/mol. The van der Waals surface area contributed by atoms with E-state index in [0.717, 1.165) is 34.5 Å². The van der Waals surface area contributed by atoms with Gasteiger partial charge in [0, 0.05) is 10.9 Å². The van der Waals surface area contributed by atoms with Gasteiger partial charge in [0.15, 0.2) is 0 Å². The van der Waals surface area contributed by atoms with E-state index in [-0.39, 0.29) is 23.3 Å². The number of nitrogens with zero attached hydrogens (tertiary/aromatic N) is 1. The molecule has 3 rings (SSSR count). The smallest absolute Gasteiger partial charge is 0.321 e. The summed E-state index contributed by atoms with van der Waals surface area (Å²) in [5, 5.41) is 5.93. The number of carbonyl (C=O) groups is 2. The number of rotatable bonds is 5. The van der Waals surface area contributed by atoms with Gasteiger partial charge in [0.1, 0.15) is 10.7 Å². The number of aromatic nitrogens is 2. The molecule has 2 heterocycles. The first-order valence-electron chi connectivity index (χ1n) is 9.52. The molecular weight excluding hydrogens is 396 g/mol. The third kappa shape index (κ3) is 4.94. The first-order chi connectivity index (χ1) is 13.3. The zero-order valence-corrected chi connectivity index (χ0v) is 18.0. The molecule has 9 heteroatoms. The molecule has 3 amide bonds. The Morgan fingerprint density at radius 3 is 2.79 bits per heavy atom. The van der Waals surface area contributed by atoms with Crippen molar-refractivity contribution in [1.82, 2.24) is 20.6 Å². The highest BCUT2D eigenvalue weighted by Gasteiger charge is 2.23. The van der Waals surface area contributed by atoms with Crippen molar-refractivity contribution in [3.8, 4) is 0 Å². The van der Waals surface area contributed by atoms with Crippen LogP contribution in [0.5, 0.6) is 0 Å². The Balaban J connectivity index is 1.48. The Bertz CT molecular complexity index is 937. The molecule has 1 saturated carbocycles. The van der Waals surface area contributed by atoms with Crippen molar-refractivity contribution in [3.63, 3.8) is 0 Å². The van der Waals surface area contributed by atoms with Crippen LogP contribution in [-0.4, -0.2) is 33.7 Å². The van der Waals surface area contributed by atoms with Crippen LogP contribution >= 0.6 is 23.1 Å². The molecule has 2 aromatic heterocycles. The summed E-state index contributed by atoms with van der Waals surface area (Å²) in [5.41, 5.74) is 0.818. The van der Waals surface area contributed by atoms with Crippen LogP contribution < -0.4 is 16.2 Å². The number of nitrogens with one attached hydrogen (secondary N) is 3. The number of imide groups is 1. The maximum atomic E-state index is 12.3. The van der Waals surface area contributed by atoms with E-state index in [4.69, 9.17) is 0 Å². The maximum absolute atomic E-state index is 12.3. The number of urea groups is 1. The number of aryl methyl sites for hydroxylation is 2. The van der Waals surface area contributed by atoms with Crippen molar-refractivity contribution in [2.24, 2.45) is 5.92 Å². The number of thioether (sulfide) groups is 1. The van der Waals surface area contributed by atoms with Crippen LogP contribution in [0.2, 0.25) is 0 Å². The molecule has 0 bridgehead atoms. The van der Waals surface area contributed by atoms with Gasteiger partial charge in [0.25, 0.3) is 5.56 Å². The van der Waals surface area contributed by atoms with Crippen LogP contribution in [0.25, 0.3) is 10.2 Å². The highest BCUT2D eigenvalue weighted by molar-refractivity contribution is 7.99. The molecule has 3 N–H and O–H groups in total. The third-order valence-corrected chi connectivity index (χ3v) is 7.29. The minimum absolute atomic E-state index is 0.123. The number of H-pyrrole nitrogens is 1. The normalized spacial score (nSPS) is 19.5. The van der Waals surface area contributed by atoms with Crippen molar-refractivity contribution < 1.29 is 9.59 Å². The van der Waals surface area contributed by atoms with E-state index in [2.05, 4.69) is 27.5 Å². The van der Waals surface area contributed by atoms with Gasteiger partial charge in [-0.15, -0.1) is 23.1 Å². The zero-order chi connectivity index (χ0) is 20.3. The second-order valence-electron chi connectivity index (χ2n) is 7.36. The zero-order valence-electron chi connectivity index (χ0n) is 16.4. The lowest BCUT2D eigenvalue weighted by Crippen LogP contribution is -2.48. The minimum atomic E-state index is -0.429. The highest BCUT2D eigenvalue weighted by atomic mass is 32.2. The Morgan fingerprint density at radius 1 is 1.29 bits per heavy atom. The summed E-state index contributed by atoms with van der Waals surface area (Å²) in [6, 6.07) is -0.297. The van der Waals surface area contributed by atoms with Crippen LogP contribution in [0.3, 0.4) is 0 Å². The van der Waals surface area contributed by atoms with E-state index < -0.39 is 6.03 Å². The van der Waals surface area contributed by atoms with Crippen LogP contribution in [-0.2, 0) is 10.5 Å². The van der Waals surface area contributed by atoms with Gasteiger partial charge in [-0.3, -0.25) is 14.9 Å². The lowest BCUT2D eigenvalue weighted by Gasteiger charge is -2.29. The number of fused-ring (bicyclic) bond motifs is 1. The number of amides is 3. The average molecular weight is 423 g/mol. The fourth-order valence-corrected chi connectivity index (χ4v) is 5.24. The molecule has 1 aliphatic carbocycles. The van der Waals surface area contributed by atoms with Gasteiger partial charge in [-0.2, -0.15) is 0 Å². The van der Waals surface area contributed by atoms with Crippen LogP contribution in [0, 0.1) is 19.8 Å². The van der Waals surface area contributed by atoms with E-state index >= 15 is 0 Å². The molecule has 2 atom stereocenters. The fraction of sp³-hybridized carbons (Fsp3) is 0.579. The Kier molecular flexibility index (Phi) is 6.77. The first-order valence-corrected chi connectivity index (χ1v) is 11.5. The first kappa shape index (κ1) is 20.9. The number of thiophene rings is 1. The number of hydrogen-bond acceptors (Lipinski definition) is 6. The lowest BCUT2D eigenvalue weighted by atomic mass is 9.86. The quantitative estimate of drug-likeness (QED) is 0.686. The molecule has 1 aliphatic rings. The molecule has 0 spiro atoms. The molecule has 2 aromatic rings. The lowest BCUT2D eigenvalue weighted by molar-refractivity contribution is -0.117. The average Bonchev–Trinajstić information content (AvgIpc) is 2.91. The number of hydrogen-bond donors (Lipinski definition) is 3. The molecule has 0 aromatic carbocycles. The van der Waals surface area contributed by atoms with Gasteiger partial charge in [-0.05, 0) is 38.2 Å². The van der Waals surface area contributed by atoms with Crippen LogP contribution in [0.15, 0.2) is 4.79 Å². The molecular formula is C19H26N4O3S2. The van der Waals surface area contributed by atoms with E-state index in [1.165, 1.54) is 29.5 Å². The minimum Gasteiger partial charge on any atom is -0.335 e. The van der Waals surface area contributed by atoms with E-state index in [0.29, 0.717) is 22.9 Å². The molecule has 7 nitrogen and oxygen atoms in total. The third-order valence-electron chi connectivity index (χ3n) is 5.24. The Labute approximate surface area is 172 Å². The highest BCUT2D eigenvalue weighted by Crippen LogP contribution is 2.26. The summed E-state index contributed by atoms with van der Waals surface area (Å²) in [7, 11) is 0. The van der Waals surface area contributed by atoms with Gasteiger partial charge in [0.2, 0.25) is 5.91 Å². The van der Waals surface area contributed by atoms with Crippen molar-refractivity contribution in [2.75, 3.05) is 5.75 Å². The second kappa shape index (κ2) is 9.09. The summed E-state index contributed by atoms with van der Waals surface area (Å²) in [5.74, 6) is 1.15. The summed E-state index contributed by atoms with van der Waals surface area (Å²) < 4.78 is 0. The Hall–Kier alpha value is -1.87. The molecule has 0 saturated heterocycles. The van der Waals surface area contributed by atoms with Crippen molar-refractivity contribution in [1.29, 1.82) is 0 Å². The summed E-state index contributed by atoms with van der Waals surface area (Å²) in [4.78, 5) is 45.4. The molecule has 28 heavy (non-hydrogen) atoms. The van der Waals surface area contributed by atoms with E-state index in [1.54, 1.807) is 0 Å². The van der Waals surface area contributed by atoms with Gasteiger partial charge >= 0.3 is 6.03 Å². The van der Waals surface area contributed by atoms with Gasteiger partial charge in [-0.1, -0.05) is 19.8 Å². The number of carbonyl (C=O) groups excluding carboxylic acids is 2. The topological polar surface area (TPSA) is 104 Å². The molecule has 0 unspecified atom stereocenters. The van der Waals surface area contributed by atoms with E-state index in [1.807, 2.05) is 13.8 Å². The molecule has 0 radical (unpaired) electrons. The maximum Gasteiger partial charge on any atom is 0.321 e. The van der Waals surface area contributed by atoms with Gasteiger partial charge < -0.3 is 10.3 Å². The Morgan fingerprint density at radius 2 is 2.04 bits per heavy atom. The van der Waals surface area contributed by atoms with Crippen LogP contribution in [0.4, 0.5) is 4.79 Å². The van der Waals surface area contributed by atoms with E-state index in [9.17, 15) is 14.4 Å². The number of aromatic amines is 1. The summed E-state index contributed by atoms with van der Waals surface area (Å²) in [6.45, 7) is 6.02. The SMILES string of the molecule is Cc1sc2nc(CSCC(=O)NC(=O)N[C@@H]3CCCC[C@H]3C)[nH]c(=O)c2c1C. The van der Waals surface area contributed by atoms with Gasteiger partial charge in [-0.25, -0.2) is 9.78 Å². The predicted octanol–water partition coefficient (Wildman–Crippen LogP) is 3.24. The van der Waals surface area contributed by atoms with Gasteiger partial charge in [0.05, 0.1) is 16.9 Å². The predicted molar refractivity (Wildman–Crippen MR) is 114 cm³/mol. The fourth-order valence-electron chi connectivity index (χ4n) is 3.51. The molecule has 152 valence electrons. The largest absolute Gasteiger partial charge is 0.335 e. The summed E-state index contributed by atoms with van der Waals surface area (Å²) in [6.07, 6.45) is 4.37. The summed E-state index contributed by atoms with van der Waals surface area (Å²) >= 11 is 2.81. The van der Waals surface area contributed by atoms with Crippen molar-refractivity contribution in [2.45, 2.75) is 58.2 Å². The standard InChI is InChI=1S/C19H26N4O3S2/c1-10-6-4-5-7-13(10)20-19(26)23-15(24)9-27-8-14-21-17(25)16-11(2)12(3)28-18(16)22-14/h10,13H,4-9H2,1-3H3,(H,21,22,25)(H2,20,23,24,26)/t10-,13-/m1/s1. The van der Waals surface area contributed by atoms with Crippen molar-refractivity contribution in [3.05, 3.63) is 26.6 Å². The van der Waals surface area contributed by atoms with Crippen molar-refractivity contribution >= 4 is 45.3 Å². The molecule has 0 aliphatic heterocycles. The molecule has 1 fully saturated rings. The second-order valence-corrected chi connectivity index (χ2v) is 9.55. The van der Waals surface area contributed by atoms with Crippen LogP contribution in [0.1, 0.15) is 48.9 Å².